The maximum Gasteiger partial charge on any atom is 0.238 e. The van der Waals surface area contributed by atoms with E-state index in [0.717, 1.165) is 18.4 Å². The third-order valence-corrected chi connectivity index (χ3v) is 4.19. The average molecular weight is 313 g/mol. The fraction of sp³-hybridized carbons (Fsp3) is 0.500. The Labute approximate surface area is 126 Å². The van der Waals surface area contributed by atoms with Crippen molar-refractivity contribution in [3.8, 4) is 0 Å². The molecule has 0 aliphatic carbocycles. The molecule has 0 spiro atoms. The molecule has 1 atom stereocenters. The fourth-order valence-corrected chi connectivity index (χ4v) is 2.54. The van der Waals surface area contributed by atoms with Gasteiger partial charge in [0.1, 0.15) is 0 Å². The minimum atomic E-state index is -3.66. The van der Waals surface area contributed by atoms with Gasteiger partial charge in [-0.3, -0.25) is 4.79 Å². The Morgan fingerprint density at radius 2 is 1.90 bits per heavy atom. The maximum atomic E-state index is 11.9. The minimum absolute atomic E-state index is 0.0273. The van der Waals surface area contributed by atoms with E-state index >= 15 is 0 Å². The lowest BCUT2D eigenvalue weighted by molar-refractivity contribution is -0.124. The van der Waals surface area contributed by atoms with Crippen LogP contribution in [0.2, 0.25) is 0 Å². The van der Waals surface area contributed by atoms with E-state index in [9.17, 15) is 13.2 Å². The number of primary sulfonamides is 1. The van der Waals surface area contributed by atoms with E-state index in [2.05, 4.69) is 5.32 Å². The molecule has 0 aromatic heterocycles. The van der Waals surface area contributed by atoms with Crippen molar-refractivity contribution in [3.63, 3.8) is 0 Å². The van der Waals surface area contributed by atoms with E-state index in [0.29, 0.717) is 19.5 Å². The SMILES string of the molecule is CCCC(CN)C(=O)NCCc1ccc(S(N)(=O)=O)cc1. The molecule has 1 aromatic carbocycles. The van der Waals surface area contributed by atoms with Crippen molar-refractivity contribution in [1.82, 2.24) is 5.32 Å². The van der Waals surface area contributed by atoms with Gasteiger partial charge in [0.25, 0.3) is 0 Å². The van der Waals surface area contributed by atoms with Gasteiger partial charge in [0.2, 0.25) is 15.9 Å². The Bertz CT molecular complexity index is 555. The topological polar surface area (TPSA) is 115 Å². The number of hydrogen-bond donors (Lipinski definition) is 3. The number of rotatable bonds is 8. The predicted molar refractivity (Wildman–Crippen MR) is 82.0 cm³/mol. The Morgan fingerprint density at radius 1 is 1.29 bits per heavy atom. The molecular weight excluding hydrogens is 290 g/mol. The van der Waals surface area contributed by atoms with Crippen LogP contribution in [0.5, 0.6) is 0 Å². The standard InChI is InChI=1S/C14H23N3O3S/c1-2-3-12(10-15)14(18)17-9-8-11-4-6-13(7-5-11)21(16,19)20/h4-7,12H,2-3,8-10,15H2,1H3,(H,17,18)(H2,16,19,20). The molecule has 21 heavy (non-hydrogen) atoms. The Hall–Kier alpha value is -1.44. The van der Waals surface area contributed by atoms with Crippen LogP contribution in [0, 0.1) is 5.92 Å². The predicted octanol–water partition coefficient (Wildman–Crippen LogP) is 0.368. The largest absolute Gasteiger partial charge is 0.355 e. The van der Waals surface area contributed by atoms with Crippen molar-refractivity contribution in [2.45, 2.75) is 31.1 Å². The molecule has 5 N–H and O–H groups in total. The zero-order chi connectivity index (χ0) is 15.9. The lowest BCUT2D eigenvalue weighted by Gasteiger charge is -2.13. The monoisotopic (exact) mass is 313 g/mol. The summed E-state index contributed by atoms with van der Waals surface area (Å²) in [5.41, 5.74) is 6.50. The van der Waals surface area contributed by atoms with Crippen molar-refractivity contribution in [2.75, 3.05) is 13.1 Å². The second-order valence-electron chi connectivity index (χ2n) is 4.95. The zero-order valence-electron chi connectivity index (χ0n) is 12.2. The van der Waals surface area contributed by atoms with Gasteiger partial charge in [-0.15, -0.1) is 0 Å². The molecule has 0 aliphatic rings. The van der Waals surface area contributed by atoms with Crippen LogP contribution in [0.1, 0.15) is 25.3 Å². The first-order valence-electron chi connectivity index (χ1n) is 6.98. The van der Waals surface area contributed by atoms with Crippen molar-refractivity contribution in [1.29, 1.82) is 0 Å². The first kappa shape index (κ1) is 17.6. The van der Waals surface area contributed by atoms with Crippen LogP contribution in [0.4, 0.5) is 0 Å². The van der Waals surface area contributed by atoms with Crippen LogP contribution in [0.25, 0.3) is 0 Å². The van der Waals surface area contributed by atoms with Gasteiger partial charge in [0.05, 0.1) is 10.8 Å². The highest BCUT2D eigenvalue weighted by Crippen LogP contribution is 2.09. The van der Waals surface area contributed by atoms with Crippen LogP contribution < -0.4 is 16.2 Å². The van der Waals surface area contributed by atoms with Crippen molar-refractivity contribution in [3.05, 3.63) is 29.8 Å². The average Bonchev–Trinajstić information content (AvgIpc) is 2.44. The van der Waals surface area contributed by atoms with Gasteiger partial charge in [0, 0.05) is 13.1 Å². The van der Waals surface area contributed by atoms with Crippen LogP contribution in [0.3, 0.4) is 0 Å². The molecule has 1 aromatic rings. The van der Waals surface area contributed by atoms with Gasteiger partial charge in [-0.05, 0) is 30.5 Å². The van der Waals surface area contributed by atoms with Crippen LogP contribution in [-0.4, -0.2) is 27.4 Å². The van der Waals surface area contributed by atoms with Crippen LogP contribution in [0.15, 0.2) is 29.2 Å². The van der Waals surface area contributed by atoms with Crippen LogP contribution >= 0.6 is 0 Å². The van der Waals surface area contributed by atoms with Crippen molar-refractivity contribution in [2.24, 2.45) is 16.8 Å². The molecule has 0 saturated carbocycles. The van der Waals surface area contributed by atoms with Crippen LogP contribution in [-0.2, 0) is 21.2 Å². The number of nitrogens with one attached hydrogen (secondary N) is 1. The first-order chi connectivity index (χ1) is 9.88. The molecule has 0 fully saturated rings. The lowest BCUT2D eigenvalue weighted by atomic mass is 10.0. The van der Waals surface area contributed by atoms with Crippen molar-refractivity contribution < 1.29 is 13.2 Å². The summed E-state index contributed by atoms with van der Waals surface area (Å²) in [6.45, 7) is 2.86. The number of carbonyl (C=O) groups is 1. The molecule has 0 saturated heterocycles. The molecule has 0 bridgehead atoms. The number of benzene rings is 1. The zero-order valence-corrected chi connectivity index (χ0v) is 13.0. The summed E-state index contributed by atoms with van der Waals surface area (Å²) in [5.74, 6) is -0.166. The first-order valence-corrected chi connectivity index (χ1v) is 8.52. The van der Waals surface area contributed by atoms with E-state index in [4.69, 9.17) is 10.9 Å². The summed E-state index contributed by atoms with van der Waals surface area (Å²) in [6, 6.07) is 6.31. The normalized spacial score (nSPS) is 12.9. The Morgan fingerprint density at radius 3 is 2.38 bits per heavy atom. The minimum Gasteiger partial charge on any atom is -0.355 e. The number of nitrogens with two attached hydrogens (primary N) is 2. The smallest absolute Gasteiger partial charge is 0.238 e. The Kier molecular flexibility index (Phi) is 6.80. The molecule has 118 valence electrons. The second kappa shape index (κ2) is 8.11. The second-order valence-corrected chi connectivity index (χ2v) is 6.51. The highest BCUT2D eigenvalue weighted by molar-refractivity contribution is 7.89. The summed E-state index contributed by atoms with van der Waals surface area (Å²) in [7, 11) is -3.66. The van der Waals surface area contributed by atoms with E-state index in [1.54, 1.807) is 12.1 Å². The number of carbonyl (C=O) groups excluding carboxylic acids is 1. The van der Waals surface area contributed by atoms with Gasteiger partial charge in [-0.1, -0.05) is 25.5 Å². The molecule has 0 aliphatic heterocycles. The molecule has 7 heteroatoms. The van der Waals surface area contributed by atoms with E-state index in [1.807, 2.05) is 6.92 Å². The maximum absolute atomic E-state index is 11.9. The molecule has 1 amide bonds. The summed E-state index contributed by atoms with van der Waals surface area (Å²) in [4.78, 5) is 11.9. The summed E-state index contributed by atoms with van der Waals surface area (Å²) < 4.78 is 22.3. The highest BCUT2D eigenvalue weighted by Gasteiger charge is 2.14. The van der Waals surface area contributed by atoms with Gasteiger partial charge >= 0.3 is 0 Å². The van der Waals surface area contributed by atoms with E-state index < -0.39 is 10.0 Å². The molecule has 0 heterocycles. The Balaban J connectivity index is 2.47. The van der Waals surface area contributed by atoms with Gasteiger partial charge < -0.3 is 11.1 Å². The number of amides is 1. The summed E-state index contributed by atoms with van der Waals surface area (Å²) in [5, 5.41) is 7.88. The molecule has 1 unspecified atom stereocenters. The van der Waals surface area contributed by atoms with Gasteiger partial charge in [-0.2, -0.15) is 0 Å². The quantitative estimate of drug-likeness (QED) is 0.643. The third kappa shape index (κ3) is 5.82. The van der Waals surface area contributed by atoms with Gasteiger partial charge in [-0.25, -0.2) is 13.6 Å². The summed E-state index contributed by atoms with van der Waals surface area (Å²) in [6.07, 6.45) is 2.33. The highest BCUT2D eigenvalue weighted by atomic mass is 32.2. The molecule has 6 nitrogen and oxygen atoms in total. The summed E-state index contributed by atoms with van der Waals surface area (Å²) >= 11 is 0. The lowest BCUT2D eigenvalue weighted by Crippen LogP contribution is -2.36. The van der Waals surface area contributed by atoms with Crippen molar-refractivity contribution >= 4 is 15.9 Å². The molecule has 1 rings (SSSR count). The van der Waals surface area contributed by atoms with E-state index in [1.165, 1.54) is 12.1 Å². The molecule has 0 radical (unpaired) electrons. The molecular formula is C14H23N3O3S. The van der Waals surface area contributed by atoms with Gasteiger partial charge in [0.15, 0.2) is 0 Å². The third-order valence-electron chi connectivity index (χ3n) is 3.26. The number of sulfonamides is 1. The fourth-order valence-electron chi connectivity index (χ4n) is 2.02. The van der Waals surface area contributed by atoms with E-state index in [-0.39, 0.29) is 16.7 Å². The number of hydrogen-bond acceptors (Lipinski definition) is 4.